The fourth-order valence-corrected chi connectivity index (χ4v) is 4.15. The molecule has 1 aliphatic carbocycles. The first-order chi connectivity index (χ1) is 8.19. The first kappa shape index (κ1) is 11.7. The van der Waals surface area contributed by atoms with E-state index in [1.165, 1.54) is 41.7 Å². The van der Waals surface area contributed by atoms with Gasteiger partial charge in [-0.3, -0.25) is 9.58 Å². The summed E-state index contributed by atoms with van der Waals surface area (Å²) in [6.07, 6.45) is 5.28. The fourth-order valence-electron chi connectivity index (χ4n) is 3.40. The van der Waals surface area contributed by atoms with Crippen LogP contribution in [0, 0.1) is 5.92 Å². The third-order valence-electron chi connectivity index (χ3n) is 4.38. The molecule has 1 saturated heterocycles. The Morgan fingerprint density at radius 2 is 2.24 bits per heavy atom. The van der Waals surface area contributed by atoms with Crippen molar-refractivity contribution in [3.05, 3.63) is 15.9 Å². The molecule has 94 valence electrons. The van der Waals surface area contributed by atoms with E-state index in [1.54, 1.807) is 0 Å². The summed E-state index contributed by atoms with van der Waals surface area (Å²) in [4.78, 5) is 2.65. The summed E-state index contributed by atoms with van der Waals surface area (Å²) in [6, 6.07) is 0.840. The van der Waals surface area contributed by atoms with Gasteiger partial charge in [0.05, 0.1) is 15.9 Å². The van der Waals surface area contributed by atoms with Gasteiger partial charge in [0, 0.05) is 26.2 Å². The Balaban J connectivity index is 1.79. The number of nitrogens with zero attached hydrogens (tertiary/aromatic N) is 3. The molecule has 0 aromatic carbocycles. The number of piperidine rings is 1. The summed E-state index contributed by atoms with van der Waals surface area (Å²) in [5, 5.41) is 4.58. The van der Waals surface area contributed by atoms with Crippen LogP contribution < -0.4 is 0 Å². The van der Waals surface area contributed by atoms with Crippen molar-refractivity contribution in [3.63, 3.8) is 0 Å². The Morgan fingerprint density at radius 1 is 1.41 bits per heavy atom. The number of hydrogen-bond acceptors (Lipinski definition) is 2. The lowest BCUT2D eigenvalue weighted by atomic mass is 10.1. The van der Waals surface area contributed by atoms with E-state index in [1.807, 2.05) is 0 Å². The molecule has 1 aliphatic heterocycles. The summed E-state index contributed by atoms with van der Waals surface area (Å²) in [7, 11) is 2.06. The second-order valence-corrected chi connectivity index (χ2v) is 6.24. The molecule has 0 radical (unpaired) electrons. The predicted octanol–water partition coefficient (Wildman–Crippen LogP) is 2.73. The molecule has 0 spiro atoms. The van der Waals surface area contributed by atoms with Crippen molar-refractivity contribution in [1.82, 2.24) is 14.7 Å². The number of rotatable bonds is 3. The lowest BCUT2D eigenvalue weighted by Crippen LogP contribution is -2.32. The molecule has 2 bridgehead atoms. The van der Waals surface area contributed by atoms with Crippen LogP contribution in [0.5, 0.6) is 0 Å². The molecule has 1 aromatic rings. The van der Waals surface area contributed by atoms with Gasteiger partial charge in [0.25, 0.3) is 0 Å². The molecule has 2 aliphatic rings. The lowest BCUT2D eigenvalue weighted by molar-refractivity contribution is 0.200. The molecular weight excluding hydrogens is 278 g/mol. The van der Waals surface area contributed by atoms with Crippen molar-refractivity contribution in [2.45, 2.75) is 45.2 Å². The second-order valence-electron chi connectivity index (χ2n) is 5.45. The molecule has 2 atom stereocenters. The molecule has 3 nitrogen and oxygen atoms in total. The Hall–Kier alpha value is -0.350. The number of hydrogen-bond donors (Lipinski definition) is 0. The topological polar surface area (TPSA) is 21.1 Å². The van der Waals surface area contributed by atoms with Crippen molar-refractivity contribution in [2.75, 3.05) is 6.54 Å². The summed E-state index contributed by atoms with van der Waals surface area (Å²) < 4.78 is 3.28. The van der Waals surface area contributed by atoms with Crippen LogP contribution in [0.25, 0.3) is 0 Å². The van der Waals surface area contributed by atoms with Crippen molar-refractivity contribution >= 4 is 15.9 Å². The number of likely N-dealkylation sites (tertiary alicyclic amines) is 1. The van der Waals surface area contributed by atoms with Gasteiger partial charge < -0.3 is 0 Å². The van der Waals surface area contributed by atoms with Crippen LogP contribution in [0.15, 0.2) is 4.47 Å². The standard InChI is InChI=1S/C13H20BrN3/c1-3-11-13(14)12(16(2)15-11)8-17-7-9-4-5-10(17)6-9/h9-10H,3-8H2,1-2H3. The van der Waals surface area contributed by atoms with E-state index in [4.69, 9.17) is 0 Å². The van der Waals surface area contributed by atoms with Crippen LogP contribution in [-0.4, -0.2) is 27.3 Å². The van der Waals surface area contributed by atoms with Gasteiger partial charge in [0.15, 0.2) is 0 Å². The maximum atomic E-state index is 4.58. The average Bonchev–Trinajstić information content (AvgIpc) is 2.98. The number of aryl methyl sites for hydroxylation is 2. The van der Waals surface area contributed by atoms with E-state index in [9.17, 15) is 0 Å². The van der Waals surface area contributed by atoms with Crippen LogP contribution in [0.2, 0.25) is 0 Å². The highest BCUT2D eigenvalue weighted by atomic mass is 79.9. The maximum Gasteiger partial charge on any atom is 0.0767 e. The highest BCUT2D eigenvalue weighted by Gasteiger charge is 2.38. The molecule has 0 amide bonds. The summed E-state index contributed by atoms with van der Waals surface area (Å²) in [5.74, 6) is 0.970. The smallest absolute Gasteiger partial charge is 0.0767 e. The van der Waals surface area contributed by atoms with Crippen LogP contribution >= 0.6 is 15.9 Å². The van der Waals surface area contributed by atoms with Gasteiger partial charge in [-0.1, -0.05) is 6.92 Å². The monoisotopic (exact) mass is 297 g/mol. The zero-order chi connectivity index (χ0) is 12.0. The number of halogens is 1. The lowest BCUT2D eigenvalue weighted by Gasteiger charge is -2.26. The molecule has 3 rings (SSSR count). The average molecular weight is 298 g/mol. The highest BCUT2D eigenvalue weighted by molar-refractivity contribution is 9.10. The van der Waals surface area contributed by atoms with Gasteiger partial charge in [-0.05, 0) is 47.5 Å². The van der Waals surface area contributed by atoms with E-state index >= 15 is 0 Å². The molecule has 17 heavy (non-hydrogen) atoms. The van der Waals surface area contributed by atoms with E-state index in [0.29, 0.717) is 0 Å². The minimum Gasteiger partial charge on any atom is -0.294 e. The molecule has 1 saturated carbocycles. The molecular formula is C13H20BrN3. The Labute approximate surface area is 111 Å². The Bertz CT molecular complexity index is 427. The summed E-state index contributed by atoms with van der Waals surface area (Å²) in [6.45, 7) is 4.52. The zero-order valence-electron chi connectivity index (χ0n) is 10.6. The molecule has 1 aromatic heterocycles. The SMILES string of the molecule is CCc1nn(C)c(CN2CC3CCC2C3)c1Br. The number of fused-ring (bicyclic) bond motifs is 2. The van der Waals surface area contributed by atoms with Crippen LogP contribution in [-0.2, 0) is 20.0 Å². The Morgan fingerprint density at radius 3 is 2.76 bits per heavy atom. The van der Waals surface area contributed by atoms with Gasteiger partial charge in [-0.2, -0.15) is 5.10 Å². The van der Waals surface area contributed by atoms with Gasteiger partial charge in [-0.25, -0.2) is 0 Å². The number of aromatic nitrogens is 2. The fraction of sp³-hybridized carbons (Fsp3) is 0.769. The van der Waals surface area contributed by atoms with Crippen molar-refractivity contribution in [1.29, 1.82) is 0 Å². The zero-order valence-corrected chi connectivity index (χ0v) is 12.2. The first-order valence-electron chi connectivity index (χ1n) is 6.63. The normalized spacial score (nSPS) is 28.2. The van der Waals surface area contributed by atoms with Crippen molar-refractivity contribution < 1.29 is 0 Å². The molecule has 2 unspecified atom stereocenters. The largest absolute Gasteiger partial charge is 0.294 e. The first-order valence-corrected chi connectivity index (χ1v) is 7.42. The third-order valence-corrected chi connectivity index (χ3v) is 5.29. The molecule has 2 fully saturated rings. The molecule has 0 N–H and O–H groups in total. The van der Waals surface area contributed by atoms with E-state index in [-0.39, 0.29) is 0 Å². The highest BCUT2D eigenvalue weighted by Crippen LogP contribution is 2.38. The summed E-state index contributed by atoms with van der Waals surface area (Å²) >= 11 is 3.71. The predicted molar refractivity (Wildman–Crippen MR) is 71.8 cm³/mol. The van der Waals surface area contributed by atoms with Gasteiger partial charge in [-0.15, -0.1) is 0 Å². The van der Waals surface area contributed by atoms with E-state index < -0.39 is 0 Å². The van der Waals surface area contributed by atoms with Gasteiger partial charge in [0.2, 0.25) is 0 Å². The summed E-state index contributed by atoms with van der Waals surface area (Å²) in [5.41, 5.74) is 2.53. The van der Waals surface area contributed by atoms with Crippen molar-refractivity contribution in [3.8, 4) is 0 Å². The van der Waals surface area contributed by atoms with Crippen LogP contribution in [0.3, 0.4) is 0 Å². The van der Waals surface area contributed by atoms with Crippen molar-refractivity contribution in [2.24, 2.45) is 13.0 Å². The minimum absolute atomic E-state index is 0.840. The third kappa shape index (κ3) is 1.95. The Kier molecular flexibility index (Phi) is 3.03. The quantitative estimate of drug-likeness (QED) is 0.855. The van der Waals surface area contributed by atoms with Crippen LogP contribution in [0.1, 0.15) is 37.6 Å². The second kappa shape index (κ2) is 4.39. The van der Waals surface area contributed by atoms with E-state index in [0.717, 1.165) is 24.9 Å². The maximum absolute atomic E-state index is 4.58. The minimum atomic E-state index is 0.840. The van der Waals surface area contributed by atoms with Gasteiger partial charge in [0.1, 0.15) is 0 Å². The van der Waals surface area contributed by atoms with E-state index in [2.05, 4.69) is 44.6 Å². The molecule has 2 heterocycles. The molecule has 4 heteroatoms. The van der Waals surface area contributed by atoms with Crippen LogP contribution in [0.4, 0.5) is 0 Å². The van der Waals surface area contributed by atoms with Gasteiger partial charge >= 0.3 is 0 Å².